The fourth-order valence-electron chi connectivity index (χ4n) is 3.90. The highest BCUT2D eigenvalue weighted by atomic mass is 32.2. The first-order chi connectivity index (χ1) is 17.1. The van der Waals surface area contributed by atoms with Crippen molar-refractivity contribution < 1.29 is 19.1 Å². The van der Waals surface area contributed by atoms with E-state index in [-0.39, 0.29) is 16.4 Å². The molecule has 1 aliphatic rings. The maximum absolute atomic E-state index is 14.0. The summed E-state index contributed by atoms with van der Waals surface area (Å²) >= 11 is 0.879. The molecular formula is C30H20O4S. The van der Waals surface area contributed by atoms with Gasteiger partial charge in [0.05, 0.1) is 0 Å². The van der Waals surface area contributed by atoms with E-state index in [0.717, 1.165) is 11.8 Å². The Bertz CT molecular complexity index is 1360. The molecular weight excluding hydrogens is 456 g/mol. The molecule has 1 aliphatic heterocycles. The summed E-state index contributed by atoms with van der Waals surface area (Å²) in [6.45, 7) is 0. The van der Waals surface area contributed by atoms with Crippen LogP contribution in [0.25, 0.3) is 5.76 Å². The molecule has 5 rings (SSSR count). The zero-order valence-electron chi connectivity index (χ0n) is 18.6. The van der Waals surface area contributed by atoms with Gasteiger partial charge in [0.15, 0.2) is 0 Å². The Morgan fingerprint density at radius 3 is 1.40 bits per heavy atom. The molecule has 4 aromatic rings. The van der Waals surface area contributed by atoms with Crippen molar-refractivity contribution in [3.05, 3.63) is 148 Å². The normalized spacial score (nSPS) is 14.3. The van der Waals surface area contributed by atoms with Gasteiger partial charge in [-0.25, -0.2) is 0 Å². The van der Waals surface area contributed by atoms with Crippen LogP contribution < -0.4 is 0 Å². The predicted octanol–water partition coefficient (Wildman–Crippen LogP) is 6.46. The molecule has 0 N–H and O–H groups in total. The van der Waals surface area contributed by atoms with Gasteiger partial charge < -0.3 is 4.74 Å². The van der Waals surface area contributed by atoms with Crippen LogP contribution in [0.3, 0.4) is 0 Å². The summed E-state index contributed by atoms with van der Waals surface area (Å²) in [5.74, 6) is -1.11. The Labute approximate surface area is 207 Å². The smallest absolute Gasteiger partial charge is 0.284 e. The number of hydrogen-bond acceptors (Lipinski definition) is 5. The molecule has 35 heavy (non-hydrogen) atoms. The molecule has 0 unspecified atom stereocenters. The van der Waals surface area contributed by atoms with Crippen molar-refractivity contribution in [1.29, 1.82) is 0 Å². The van der Waals surface area contributed by atoms with Crippen molar-refractivity contribution >= 4 is 34.9 Å². The lowest BCUT2D eigenvalue weighted by Crippen LogP contribution is -2.44. The SMILES string of the molecule is O=C(C1=C(c2ccccc2)OC(C(=O)c2ccccc2)(C(=O)c2ccccc2)S1)c1ccccc1. The number of hydrogen-bond donors (Lipinski definition) is 0. The van der Waals surface area contributed by atoms with Crippen LogP contribution in [0.15, 0.2) is 126 Å². The minimum atomic E-state index is -1.98. The number of ether oxygens (including phenoxy) is 1. The number of benzene rings is 4. The van der Waals surface area contributed by atoms with Crippen molar-refractivity contribution in [3.63, 3.8) is 0 Å². The second-order valence-corrected chi connectivity index (χ2v) is 9.12. The summed E-state index contributed by atoms with van der Waals surface area (Å²) in [5.41, 5.74) is 1.71. The molecule has 4 nitrogen and oxygen atoms in total. The van der Waals surface area contributed by atoms with E-state index in [1.165, 1.54) is 0 Å². The van der Waals surface area contributed by atoms with Crippen LogP contribution in [-0.2, 0) is 4.74 Å². The predicted molar refractivity (Wildman–Crippen MR) is 137 cm³/mol. The lowest BCUT2D eigenvalue weighted by Gasteiger charge is -2.26. The number of Topliss-reactive ketones (excluding diaryl/α,β-unsaturated/α-hetero) is 3. The molecule has 0 fully saturated rings. The first-order valence-electron chi connectivity index (χ1n) is 11.1. The third-order valence-electron chi connectivity index (χ3n) is 5.65. The molecule has 0 saturated heterocycles. The summed E-state index contributed by atoms with van der Waals surface area (Å²) in [5, 5.41) is 0. The van der Waals surface area contributed by atoms with Gasteiger partial charge in [0.2, 0.25) is 17.3 Å². The highest BCUT2D eigenvalue weighted by Crippen LogP contribution is 2.51. The highest BCUT2D eigenvalue weighted by molar-refractivity contribution is 8.07. The Balaban J connectivity index is 1.68. The van der Waals surface area contributed by atoms with Crippen molar-refractivity contribution in [2.45, 2.75) is 4.93 Å². The summed E-state index contributed by atoms with van der Waals surface area (Å²) in [6.07, 6.45) is 0. The molecule has 0 aliphatic carbocycles. The zero-order valence-corrected chi connectivity index (χ0v) is 19.4. The summed E-state index contributed by atoms with van der Waals surface area (Å²) in [4.78, 5) is 39.8. The van der Waals surface area contributed by atoms with E-state index in [2.05, 4.69) is 0 Å². The van der Waals surface area contributed by atoms with E-state index < -0.39 is 16.5 Å². The summed E-state index contributed by atoms with van der Waals surface area (Å²) in [6, 6.07) is 34.9. The second kappa shape index (κ2) is 9.57. The van der Waals surface area contributed by atoms with E-state index in [9.17, 15) is 14.4 Å². The molecule has 0 aromatic heterocycles. The minimum Gasteiger partial charge on any atom is -0.459 e. The third-order valence-corrected chi connectivity index (χ3v) is 6.96. The Hall–Kier alpha value is -4.22. The quantitative estimate of drug-likeness (QED) is 0.226. The van der Waals surface area contributed by atoms with Gasteiger partial charge >= 0.3 is 0 Å². The second-order valence-electron chi connectivity index (χ2n) is 7.93. The van der Waals surface area contributed by atoms with Crippen LogP contribution in [0, 0.1) is 0 Å². The van der Waals surface area contributed by atoms with Gasteiger partial charge in [-0.3, -0.25) is 14.4 Å². The topological polar surface area (TPSA) is 60.4 Å². The maximum Gasteiger partial charge on any atom is 0.284 e. The fraction of sp³-hybridized carbons (Fsp3) is 0.0333. The maximum atomic E-state index is 14.0. The number of rotatable bonds is 7. The molecule has 170 valence electrons. The molecule has 0 saturated carbocycles. The van der Waals surface area contributed by atoms with Gasteiger partial charge in [0.25, 0.3) is 4.93 Å². The van der Waals surface area contributed by atoms with Gasteiger partial charge in [-0.2, -0.15) is 0 Å². The van der Waals surface area contributed by atoms with E-state index in [0.29, 0.717) is 22.3 Å². The van der Waals surface area contributed by atoms with Crippen LogP contribution in [-0.4, -0.2) is 22.3 Å². The van der Waals surface area contributed by atoms with Crippen molar-refractivity contribution in [2.24, 2.45) is 0 Å². The van der Waals surface area contributed by atoms with E-state index >= 15 is 0 Å². The first kappa shape index (κ1) is 22.6. The molecule has 0 atom stereocenters. The molecule has 0 spiro atoms. The first-order valence-corrected chi connectivity index (χ1v) is 11.9. The lowest BCUT2D eigenvalue weighted by atomic mass is 9.97. The average molecular weight is 477 g/mol. The zero-order chi connectivity index (χ0) is 24.3. The highest BCUT2D eigenvalue weighted by Gasteiger charge is 2.56. The van der Waals surface area contributed by atoms with E-state index in [4.69, 9.17) is 4.74 Å². The standard InChI is InChI=1S/C30H20O4S/c31-25(21-13-5-1-6-14-21)27-26(22-15-7-2-8-16-22)34-30(35-27,28(32)23-17-9-3-10-18-23)29(33)24-19-11-4-12-20-24/h1-20H. The monoisotopic (exact) mass is 476 g/mol. The number of carbonyl (C=O) groups excluding carboxylic acids is 3. The number of carbonyl (C=O) groups is 3. The minimum absolute atomic E-state index is 0.218. The average Bonchev–Trinajstić information content (AvgIpc) is 3.36. The van der Waals surface area contributed by atoms with E-state index in [1.807, 2.05) is 24.3 Å². The number of ketones is 3. The van der Waals surface area contributed by atoms with Gasteiger partial charge in [-0.05, 0) is 0 Å². The van der Waals surface area contributed by atoms with Crippen molar-refractivity contribution in [1.82, 2.24) is 0 Å². The molecule has 0 amide bonds. The molecule has 0 radical (unpaired) electrons. The lowest BCUT2D eigenvalue weighted by molar-refractivity contribution is 0.0564. The van der Waals surface area contributed by atoms with Crippen LogP contribution in [0.4, 0.5) is 0 Å². The molecule has 5 heteroatoms. The van der Waals surface area contributed by atoms with Gasteiger partial charge in [0.1, 0.15) is 10.7 Å². The molecule has 4 aromatic carbocycles. The van der Waals surface area contributed by atoms with Gasteiger partial charge in [-0.15, -0.1) is 0 Å². The van der Waals surface area contributed by atoms with Crippen molar-refractivity contribution in [3.8, 4) is 0 Å². The Morgan fingerprint density at radius 2 is 0.943 bits per heavy atom. The van der Waals surface area contributed by atoms with Crippen molar-refractivity contribution in [2.75, 3.05) is 0 Å². The van der Waals surface area contributed by atoms with Gasteiger partial charge in [0, 0.05) is 22.3 Å². The van der Waals surface area contributed by atoms with Crippen LogP contribution in [0.2, 0.25) is 0 Å². The van der Waals surface area contributed by atoms with Gasteiger partial charge in [-0.1, -0.05) is 133 Å². The van der Waals surface area contributed by atoms with Crippen LogP contribution in [0.1, 0.15) is 36.6 Å². The summed E-state index contributed by atoms with van der Waals surface area (Å²) in [7, 11) is 0. The Kier molecular flexibility index (Phi) is 6.17. The fourth-order valence-corrected chi connectivity index (χ4v) is 5.19. The number of allylic oxidation sites excluding steroid dienone is 1. The van der Waals surface area contributed by atoms with Crippen LogP contribution in [0.5, 0.6) is 0 Å². The Morgan fingerprint density at radius 1 is 0.543 bits per heavy atom. The molecule has 0 bridgehead atoms. The van der Waals surface area contributed by atoms with E-state index in [1.54, 1.807) is 97.1 Å². The summed E-state index contributed by atoms with van der Waals surface area (Å²) < 4.78 is 6.35. The third kappa shape index (κ3) is 4.22. The van der Waals surface area contributed by atoms with Crippen LogP contribution >= 0.6 is 11.8 Å². The molecule has 1 heterocycles. The largest absolute Gasteiger partial charge is 0.459 e. The number of thioether (sulfide) groups is 1.